The molecule has 0 aromatic heterocycles. The molecule has 1 radical (unpaired) electrons. The van der Waals surface area contributed by atoms with Crippen LogP contribution in [0, 0.1) is 0 Å². The van der Waals surface area contributed by atoms with Crippen LogP contribution in [0.15, 0.2) is 0 Å². The summed E-state index contributed by atoms with van der Waals surface area (Å²) in [4.78, 5) is 0. The number of aliphatic hydroxyl groups excluding tert-OH is 4. The van der Waals surface area contributed by atoms with Gasteiger partial charge in [-0.25, -0.2) is 0 Å². The van der Waals surface area contributed by atoms with Crippen LogP contribution in [0.4, 0.5) is 0 Å². The van der Waals surface area contributed by atoms with Crippen molar-refractivity contribution in [2.24, 2.45) is 0 Å². The van der Waals surface area contributed by atoms with Gasteiger partial charge in [-0.15, -0.1) is 0 Å². The van der Waals surface area contributed by atoms with Crippen LogP contribution in [0.5, 0.6) is 0 Å². The molecular formula is C11H26O6P2S2Tc. The molecule has 0 aromatic carbocycles. The van der Waals surface area contributed by atoms with Crippen LogP contribution in [0.3, 0.4) is 0 Å². The smallest absolute Gasteiger partial charge is 2.00 e. The molecule has 135 valence electrons. The predicted octanol–water partition coefficient (Wildman–Crippen LogP) is 1.37. The van der Waals surface area contributed by atoms with Gasteiger partial charge < -0.3 is 31.4 Å². The summed E-state index contributed by atoms with van der Waals surface area (Å²) in [6.45, 7) is 0. The van der Waals surface area contributed by atoms with Gasteiger partial charge >= 0.3 is 20.1 Å². The summed E-state index contributed by atoms with van der Waals surface area (Å²) < 4.78 is 0. The van der Waals surface area contributed by atoms with Crippen molar-refractivity contribution >= 4 is 39.4 Å². The van der Waals surface area contributed by atoms with Crippen molar-refractivity contribution in [3.05, 3.63) is 0 Å². The van der Waals surface area contributed by atoms with Crippen molar-refractivity contribution in [2.45, 2.75) is 6.42 Å². The third-order valence-corrected chi connectivity index (χ3v) is 8.54. The zero-order chi connectivity index (χ0) is 14.3. The first kappa shape index (κ1) is 31.7. The van der Waals surface area contributed by atoms with Crippen molar-refractivity contribution in [3.63, 3.8) is 0 Å². The average Bonchev–Trinajstić information content (AvgIpc) is 2.45. The number of rotatable bonds is 14. The maximum atomic E-state index is 8.93. The van der Waals surface area contributed by atoms with E-state index in [0.29, 0.717) is 0 Å². The molecule has 0 rings (SSSR count). The summed E-state index contributed by atoms with van der Waals surface area (Å²) in [6, 6.07) is 0. The Bertz CT molecular complexity index is 176. The summed E-state index contributed by atoms with van der Waals surface area (Å²) in [5.74, 6) is 4.30. The molecule has 0 heterocycles. The van der Waals surface area contributed by atoms with Crippen LogP contribution < -0.4 is 0 Å². The molecule has 0 saturated heterocycles. The Balaban J connectivity index is -0.000000540. The van der Waals surface area contributed by atoms with Crippen LogP contribution in [-0.2, 0) is 31.1 Å². The molecule has 0 aliphatic rings. The van der Waals surface area contributed by atoms with E-state index in [1.807, 2.05) is 23.5 Å². The van der Waals surface area contributed by atoms with E-state index in [-0.39, 0.29) is 56.4 Å². The molecule has 0 aliphatic heterocycles. The fraction of sp³-hybridized carbons (Fsp3) is 1.00. The quantitative estimate of drug-likeness (QED) is 0.220. The van der Waals surface area contributed by atoms with E-state index in [1.165, 1.54) is 6.42 Å². The SMILES string of the molecule is OCP(CO)CCSCCCSCCP(CO)CO.[O-2].[O-2].[Tc+4]. The van der Waals surface area contributed by atoms with Gasteiger partial charge in [-0.1, -0.05) is 15.8 Å². The molecule has 0 aromatic rings. The van der Waals surface area contributed by atoms with E-state index in [2.05, 4.69) is 0 Å². The second kappa shape index (κ2) is 25.2. The fourth-order valence-corrected chi connectivity index (χ4v) is 6.36. The summed E-state index contributed by atoms with van der Waals surface area (Å²) >= 11 is 3.78. The van der Waals surface area contributed by atoms with Crippen molar-refractivity contribution in [2.75, 3.05) is 60.7 Å². The van der Waals surface area contributed by atoms with Crippen molar-refractivity contribution in [1.29, 1.82) is 0 Å². The van der Waals surface area contributed by atoms with E-state index < -0.39 is 15.8 Å². The van der Waals surface area contributed by atoms with E-state index in [1.54, 1.807) is 0 Å². The third-order valence-electron chi connectivity index (χ3n) is 2.48. The summed E-state index contributed by atoms with van der Waals surface area (Å²) in [6.07, 6.45) is 3.61. The van der Waals surface area contributed by atoms with Crippen molar-refractivity contribution in [3.8, 4) is 0 Å². The molecule has 0 unspecified atom stereocenters. The second-order valence-electron chi connectivity index (χ2n) is 3.93. The number of hydrogen-bond acceptors (Lipinski definition) is 6. The van der Waals surface area contributed by atoms with Gasteiger partial charge in [-0.3, -0.25) is 0 Å². The first-order valence-electron chi connectivity index (χ1n) is 6.32. The van der Waals surface area contributed by atoms with Gasteiger partial charge in [0.2, 0.25) is 0 Å². The van der Waals surface area contributed by atoms with Gasteiger partial charge in [-0.2, -0.15) is 23.5 Å². The Morgan fingerprint density at radius 3 is 1.18 bits per heavy atom. The van der Waals surface area contributed by atoms with Gasteiger partial charge in [0, 0.05) is 0 Å². The Morgan fingerprint density at radius 1 is 0.591 bits per heavy atom. The molecule has 0 atom stereocenters. The summed E-state index contributed by atoms with van der Waals surface area (Å²) in [5, 5.41) is 35.7. The first-order valence-corrected chi connectivity index (χ1v) is 12.4. The zero-order valence-electron chi connectivity index (χ0n) is 12.5. The van der Waals surface area contributed by atoms with E-state index in [0.717, 1.165) is 35.3 Å². The standard InChI is InChI=1S/C11H26O4P2S2.2O.Tc/c12-8-16(9-13)2-6-18-4-1-5-19-7-3-17(10-14)11-15;;;/h12-15H,1-11H2;;;/q;2*-2;+4. The minimum Gasteiger partial charge on any atom is -2.00 e. The Morgan fingerprint density at radius 2 is 0.909 bits per heavy atom. The average molecular weight is 478 g/mol. The molecule has 0 bridgehead atoms. The monoisotopic (exact) mass is 477 g/mol. The normalized spacial score (nSPS) is 10.1. The van der Waals surface area contributed by atoms with Gasteiger partial charge in [0.05, 0.1) is 25.4 Å². The number of hydrogen-bond donors (Lipinski definition) is 4. The molecular weight excluding hydrogens is 452 g/mol. The van der Waals surface area contributed by atoms with E-state index >= 15 is 0 Å². The third kappa shape index (κ3) is 20.0. The zero-order valence-corrected chi connectivity index (χ0v) is 17.8. The van der Waals surface area contributed by atoms with Crippen LogP contribution in [0.1, 0.15) is 6.42 Å². The predicted molar refractivity (Wildman–Crippen MR) is 92.6 cm³/mol. The molecule has 4 N–H and O–H groups in total. The maximum absolute atomic E-state index is 8.93. The van der Waals surface area contributed by atoms with E-state index in [9.17, 15) is 0 Å². The summed E-state index contributed by atoms with van der Waals surface area (Å²) in [7, 11) is -1.12. The van der Waals surface area contributed by atoms with Crippen LogP contribution >= 0.6 is 39.4 Å². The molecule has 0 spiro atoms. The van der Waals surface area contributed by atoms with Gasteiger partial charge in [0.25, 0.3) is 0 Å². The van der Waals surface area contributed by atoms with Crippen molar-refractivity contribution in [1.82, 2.24) is 0 Å². The van der Waals surface area contributed by atoms with Gasteiger partial charge in [-0.05, 0) is 41.8 Å². The minimum atomic E-state index is -0.558. The van der Waals surface area contributed by atoms with Crippen molar-refractivity contribution < 1.29 is 51.5 Å². The van der Waals surface area contributed by atoms with Crippen LogP contribution in [0.25, 0.3) is 0 Å². The Hall–Kier alpha value is 1.97. The van der Waals surface area contributed by atoms with Crippen LogP contribution in [-0.4, -0.2) is 81.2 Å². The molecule has 0 fully saturated rings. The van der Waals surface area contributed by atoms with Crippen LogP contribution in [0.2, 0.25) is 0 Å². The summed E-state index contributed by atoms with van der Waals surface area (Å²) in [5.41, 5.74) is 0. The number of aliphatic hydroxyl groups is 4. The van der Waals surface area contributed by atoms with Gasteiger partial charge in [0.1, 0.15) is 0 Å². The maximum Gasteiger partial charge on any atom is 4.00 e. The van der Waals surface area contributed by atoms with Gasteiger partial charge in [0.15, 0.2) is 0 Å². The minimum absolute atomic E-state index is 0. The molecule has 22 heavy (non-hydrogen) atoms. The molecule has 0 amide bonds. The number of thioether (sulfide) groups is 2. The largest absolute Gasteiger partial charge is 4.00 e. The molecule has 6 nitrogen and oxygen atoms in total. The molecule has 0 aliphatic carbocycles. The Labute approximate surface area is 157 Å². The topological polar surface area (TPSA) is 138 Å². The molecule has 11 heteroatoms. The first-order chi connectivity index (χ1) is 9.28. The second-order valence-corrected chi connectivity index (χ2v) is 11.1. The van der Waals surface area contributed by atoms with E-state index in [4.69, 9.17) is 20.4 Å². The fourth-order valence-electron chi connectivity index (χ4n) is 1.23. The Kier molecular flexibility index (Phi) is 36.3. The molecule has 0 saturated carbocycles.